The third-order valence-corrected chi connectivity index (χ3v) is 4.00. The summed E-state index contributed by atoms with van der Waals surface area (Å²) >= 11 is 0. The molecule has 1 fully saturated rings. The van der Waals surface area contributed by atoms with Gasteiger partial charge in [0.05, 0.1) is 6.54 Å². The van der Waals surface area contributed by atoms with E-state index in [1.165, 1.54) is 0 Å². The Morgan fingerprint density at radius 2 is 2.08 bits per heavy atom. The van der Waals surface area contributed by atoms with Crippen LogP contribution in [0.4, 0.5) is 4.79 Å². The van der Waals surface area contributed by atoms with Crippen LogP contribution in [0.25, 0.3) is 0 Å². The first-order chi connectivity index (χ1) is 11.2. The minimum atomic E-state index is -0.454. The highest BCUT2D eigenvalue weighted by molar-refractivity contribution is 5.68. The van der Waals surface area contributed by atoms with E-state index in [2.05, 4.69) is 35.8 Å². The molecule has 24 heavy (non-hydrogen) atoms. The number of carbonyl (C=O) groups is 1. The van der Waals surface area contributed by atoms with Crippen molar-refractivity contribution in [2.75, 3.05) is 19.6 Å². The fraction of sp³-hybridized carbons (Fsp3) is 0.824. The van der Waals surface area contributed by atoms with Crippen LogP contribution in [-0.4, -0.2) is 61.9 Å². The highest BCUT2D eigenvalue weighted by Crippen LogP contribution is 2.16. The number of ether oxygens (including phenoxy) is 1. The third kappa shape index (κ3) is 5.19. The second-order valence-electron chi connectivity index (χ2n) is 8.00. The summed E-state index contributed by atoms with van der Waals surface area (Å²) in [6.07, 6.45) is 1.40. The molecule has 1 atom stereocenters. The van der Waals surface area contributed by atoms with Gasteiger partial charge in [0.25, 0.3) is 0 Å². The number of hydrogen-bond donors (Lipinski definition) is 0. The van der Waals surface area contributed by atoms with E-state index in [1.54, 1.807) is 11.2 Å². The molecule has 7 heteroatoms. The maximum Gasteiger partial charge on any atom is 0.410 e. The molecule has 0 saturated carbocycles. The largest absolute Gasteiger partial charge is 0.444 e. The van der Waals surface area contributed by atoms with Crippen LogP contribution in [0.15, 0.2) is 6.33 Å². The monoisotopic (exact) mass is 337 g/mol. The second kappa shape index (κ2) is 7.51. The Kier molecular flexibility index (Phi) is 5.85. The van der Waals surface area contributed by atoms with Crippen molar-refractivity contribution >= 4 is 6.09 Å². The molecule has 2 rings (SSSR count). The fourth-order valence-corrected chi connectivity index (χ4v) is 2.81. The van der Waals surface area contributed by atoms with Gasteiger partial charge in [-0.3, -0.25) is 4.90 Å². The molecule has 1 aliphatic rings. The molecule has 0 aromatic carbocycles. The van der Waals surface area contributed by atoms with E-state index in [-0.39, 0.29) is 12.1 Å². The second-order valence-corrected chi connectivity index (χ2v) is 8.00. The zero-order valence-corrected chi connectivity index (χ0v) is 15.8. The highest BCUT2D eigenvalue weighted by atomic mass is 16.6. The third-order valence-electron chi connectivity index (χ3n) is 4.00. The predicted molar refractivity (Wildman–Crippen MR) is 92.5 cm³/mol. The maximum absolute atomic E-state index is 12.2. The van der Waals surface area contributed by atoms with Gasteiger partial charge in [-0.25, -0.2) is 14.5 Å². The number of rotatable bonds is 4. The summed E-state index contributed by atoms with van der Waals surface area (Å²) in [5, 5.41) is 4.32. The van der Waals surface area contributed by atoms with Gasteiger partial charge in [0.1, 0.15) is 17.8 Å². The van der Waals surface area contributed by atoms with Crippen molar-refractivity contribution in [2.24, 2.45) is 5.92 Å². The van der Waals surface area contributed by atoms with Gasteiger partial charge in [-0.05, 0) is 33.6 Å². The van der Waals surface area contributed by atoms with E-state index in [0.717, 1.165) is 25.5 Å². The van der Waals surface area contributed by atoms with Gasteiger partial charge in [0, 0.05) is 32.2 Å². The zero-order chi connectivity index (χ0) is 17.9. The van der Waals surface area contributed by atoms with Crippen LogP contribution < -0.4 is 0 Å². The summed E-state index contributed by atoms with van der Waals surface area (Å²) in [7, 11) is 0. The zero-order valence-electron chi connectivity index (χ0n) is 15.8. The van der Waals surface area contributed by atoms with Crippen molar-refractivity contribution in [3.63, 3.8) is 0 Å². The lowest BCUT2D eigenvalue weighted by Gasteiger charge is -2.39. The summed E-state index contributed by atoms with van der Waals surface area (Å²) in [5.74, 6) is 1.52. The van der Waals surface area contributed by atoms with Gasteiger partial charge in [0.2, 0.25) is 0 Å². The van der Waals surface area contributed by atoms with Gasteiger partial charge in [-0.1, -0.05) is 13.8 Å². The number of aromatic nitrogens is 3. The number of amides is 1. The molecule has 1 aromatic rings. The molecule has 1 aromatic heterocycles. The van der Waals surface area contributed by atoms with Crippen molar-refractivity contribution in [1.82, 2.24) is 24.6 Å². The summed E-state index contributed by atoms with van der Waals surface area (Å²) in [6, 6.07) is 0.260. The van der Waals surface area contributed by atoms with Gasteiger partial charge in [-0.2, -0.15) is 5.10 Å². The summed E-state index contributed by atoms with van der Waals surface area (Å²) in [6.45, 7) is 16.0. The van der Waals surface area contributed by atoms with Crippen LogP contribution >= 0.6 is 0 Å². The first kappa shape index (κ1) is 18.7. The molecule has 0 radical (unpaired) electrons. The predicted octanol–water partition coefficient (Wildman–Crippen LogP) is 2.38. The molecule has 1 saturated heterocycles. The molecule has 0 unspecified atom stereocenters. The van der Waals surface area contributed by atoms with Crippen molar-refractivity contribution in [3.8, 4) is 0 Å². The van der Waals surface area contributed by atoms with Gasteiger partial charge in [0.15, 0.2) is 0 Å². The van der Waals surface area contributed by atoms with E-state index >= 15 is 0 Å². The number of carbonyl (C=O) groups excluding carboxylic acids is 1. The lowest BCUT2D eigenvalue weighted by molar-refractivity contribution is 0.00404. The Bertz CT molecular complexity index is 549. The van der Waals surface area contributed by atoms with Crippen LogP contribution in [0.1, 0.15) is 47.4 Å². The Labute approximate surface area is 145 Å². The molecule has 2 heterocycles. The highest BCUT2D eigenvalue weighted by Gasteiger charge is 2.30. The lowest BCUT2D eigenvalue weighted by Crippen LogP contribution is -2.54. The van der Waals surface area contributed by atoms with Crippen LogP contribution in [0, 0.1) is 5.92 Å². The topological polar surface area (TPSA) is 63.5 Å². The Hall–Kier alpha value is -1.63. The smallest absolute Gasteiger partial charge is 0.410 e. The molecule has 0 aliphatic carbocycles. The molecular formula is C17H31N5O2. The summed E-state index contributed by atoms with van der Waals surface area (Å²) in [5.41, 5.74) is -0.454. The van der Waals surface area contributed by atoms with Gasteiger partial charge in [-0.15, -0.1) is 0 Å². The maximum atomic E-state index is 12.2. The van der Waals surface area contributed by atoms with Crippen LogP contribution in [0.3, 0.4) is 0 Å². The summed E-state index contributed by atoms with van der Waals surface area (Å²) < 4.78 is 7.46. The molecule has 0 N–H and O–H groups in total. The van der Waals surface area contributed by atoms with Crippen molar-refractivity contribution < 1.29 is 9.53 Å². The Morgan fingerprint density at radius 1 is 1.38 bits per heavy atom. The van der Waals surface area contributed by atoms with E-state index < -0.39 is 5.60 Å². The first-order valence-electron chi connectivity index (χ1n) is 8.74. The van der Waals surface area contributed by atoms with Crippen molar-refractivity contribution in [2.45, 2.75) is 66.3 Å². The molecule has 0 bridgehead atoms. The molecule has 7 nitrogen and oxygen atoms in total. The molecular weight excluding hydrogens is 306 g/mol. The normalized spacial score (nSPS) is 19.8. The average molecular weight is 337 g/mol. The number of piperazine rings is 1. The first-order valence-corrected chi connectivity index (χ1v) is 8.74. The van der Waals surface area contributed by atoms with Crippen molar-refractivity contribution in [3.05, 3.63) is 12.2 Å². The minimum absolute atomic E-state index is 0.225. The number of hydrogen-bond acceptors (Lipinski definition) is 5. The quantitative estimate of drug-likeness (QED) is 0.844. The summed E-state index contributed by atoms with van der Waals surface area (Å²) in [4.78, 5) is 20.8. The molecule has 1 aliphatic heterocycles. The standard InChI is InChI=1S/C17H31N5O2/c1-13(2)9-22-15(18-12-19-22)11-20-7-8-21(10-14(20)3)16(23)24-17(4,5)6/h12-14H,7-11H2,1-6H3/t14-/m1/s1. The van der Waals surface area contributed by atoms with Crippen LogP contribution in [0.5, 0.6) is 0 Å². The van der Waals surface area contributed by atoms with E-state index in [0.29, 0.717) is 19.0 Å². The van der Waals surface area contributed by atoms with Gasteiger partial charge >= 0.3 is 6.09 Å². The molecule has 1 amide bonds. The molecule has 0 spiro atoms. The molecule has 136 valence electrons. The van der Waals surface area contributed by atoms with Gasteiger partial charge < -0.3 is 9.64 Å². The average Bonchev–Trinajstić information content (AvgIpc) is 2.85. The lowest BCUT2D eigenvalue weighted by atomic mass is 10.2. The van der Waals surface area contributed by atoms with Crippen molar-refractivity contribution in [1.29, 1.82) is 0 Å². The van der Waals surface area contributed by atoms with E-state index in [1.807, 2.05) is 25.5 Å². The van der Waals surface area contributed by atoms with E-state index in [4.69, 9.17) is 4.74 Å². The Morgan fingerprint density at radius 3 is 2.67 bits per heavy atom. The van der Waals surface area contributed by atoms with Crippen LogP contribution in [0.2, 0.25) is 0 Å². The van der Waals surface area contributed by atoms with E-state index in [9.17, 15) is 4.79 Å². The van der Waals surface area contributed by atoms with Crippen LogP contribution in [-0.2, 0) is 17.8 Å². The minimum Gasteiger partial charge on any atom is -0.444 e. The fourth-order valence-electron chi connectivity index (χ4n) is 2.81. The Balaban J connectivity index is 1.92. The number of nitrogens with zero attached hydrogens (tertiary/aromatic N) is 5. The SMILES string of the molecule is CC(C)Cn1ncnc1CN1CCN(C(=O)OC(C)(C)C)C[C@H]1C.